The van der Waals surface area contributed by atoms with Crippen LogP contribution in [0.3, 0.4) is 0 Å². The Morgan fingerprint density at radius 1 is 0.976 bits per heavy atom. The molecule has 5 rings (SSSR count). The number of nitrogens with two attached hydrogens (primary N) is 1. The lowest BCUT2D eigenvalue weighted by Crippen LogP contribution is -2.22. The molecule has 0 aliphatic carbocycles. The fourth-order valence-corrected chi connectivity index (χ4v) is 4.82. The first-order valence-electron chi connectivity index (χ1n) is 13.2. The van der Waals surface area contributed by atoms with E-state index < -0.39 is 21.3 Å². The van der Waals surface area contributed by atoms with Gasteiger partial charge in [-0.05, 0) is 50.2 Å². The zero-order chi connectivity index (χ0) is 30.2. The summed E-state index contributed by atoms with van der Waals surface area (Å²) in [6, 6.07) is 15.3. The molecule has 2 aromatic carbocycles. The third-order valence-corrected chi connectivity index (χ3v) is 8.28. The number of nitrogens with zero attached hydrogens (tertiary/aromatic N) is 4. The molecule has 0 spiro atoms. The molecule has 13 heteroatoms. The van der Waals surface area contributed by atoms with E-state index in [1.54, 1.807) is 73.4 Å². The van der Waals surface area contributed by atoms with Crippen LogP contribution >= 0.6 is 0 Å². The standard InChI is InChI=1S/C29H32N8O4S/c1-17(2)42(39,40)36-20-8-6-18(7-9-20)27-26-22(30)15-31-16-23(26)37(34-27)21-12-10-19(11-13-21)32-28(38)33-25-14-24(41-35-25)29(3,4)5/h6-17,36H,30H2,1-5H3,(H2,32,33,35,38). The van der Waals surface area contributed by atoms with Crippen LogP contribution in [0.5, 0.6) is 0 Å². The lowest BCUT2D eigenvalue weighted by Gasteiger charge is -2.12. The Hall–Kier alpha value is -4.91. The average molecular weight is 589 g/mol. The molecular weight excluding hydrogens is 556 g/mol. The minimum Gasteiger partial charge on any atom is -0.397 e. The van der Waals surface area contributed by atoms with Crippen molar-refractivity contribution in [2.24, 2.45) is 0 Å². The average Bonchev–Trinajstić information content (AvgIpc) is 3.55. The third-order valence-electron chi connectivity index (χ3n) is 6.52. The minimum absolute atomic E-state index is 0.229. The maximum Gasteiger partial charge on any atom is 0.324 e. The number of fused-ring (bicyclic) bond motifs is 1. The summed E-state index contributed by atoms with van der Waals surface area (Å²) in [7, 11) is -3.47. The van der Waals surface area contributed by atoms with Crippen LogP contribution in [0.2, 0.25) is 0 Å². The van der Waals surface area contributed by atoms with E-state index in [4.69, 9.17) is 15.4 Å². The number of nitrogens with one attached hydrogen (secondary N) is 3. The lowest BCUT2D eigenvalue weighted by atomic mass is 9.93. The van der Waals surface area contributed by atoms with E-state index in [0.29, 0.717) is 45.2 Å². The normalized spacial score (nSPS) is 12.0. The number of nitrogen functional groups attached to an aromatic ring is 1. The van der Waals surface area contributed by atoms with Crippen molar-refractivity contribution < 1.29 is 17.7 Å². The molecule has 3 aromatic heterocycles. The number of amides is 2. The van der Waals surface area contributed by atoms with Crippen LogP contribution < -0.4 is 21.1 Å². The number of carbonyl (C=O) groups is 1. The topological polar surface area (TPSA) is 170 Å². The summed E-state index contributed by atoms with van der Waals surface area (Å²) in [4.78, 5) is 16.8. The van der Waals surface area contributed by atoms with Gasteiger partial charge in [0.1, 0.15) is 11.5 Å². The molecule has 0 aliphatic heterocycles. The van der Waals surface area contributed by atoms with E-state index in [0.717, 1.165) is 11.3 Å². The van der Waals surface area contributed by atoms with Crippen molar-refractivity contribution in [2.75, 3.05) is 21.1 Å². The second kappa shape index (κ2) is 10.8. The number of anilines is 4. The molecule has 0 radical (unpaired) electrons. The van der Waals surface area contributed by atoms with Crippen LogP contribution in [-0.4, -0.2) is 39.6 Å². The molecule has 0 saturated carbocycles. The van der Waals surface area contributed by atoms with E-state index in [1.165, 1.54) is 0 Å². The monoisotopic (exact) mass is 588 g/mol. The highest BCUT2D eigenvalue weighted by atomic mass is 32.2. The molecule has 0 bridgehead atoms. The van der Waals surface area contributed by atoms with Crippen LogP contribution in [0.15, 0.2) is 71.5 Å². The van der Waals surface area contributed by atoms with Gasteiger partial charge in [-0.15, -0.1) is 0 Å². The van der Waals surface area contributed by atoms with Crippen LogP contribution in [0.25, 0.3) is 27.8 Å². The zero-order valence-corrected chi connectivity index (χ0v) is 24.7. The predicted molar refractivity (Wildman–Crippen MR) is 164 cm³/mol. The maximum atomic E-state index is 12.5. The van der Waals surface area contributed by atoms with Gasteiger partial charge >= 0.3 is 6.03 Å². The number of hydrogen-bond donors (Lipinski definition) is 4. The highest BCUT2D eigenvalue weighted by Crippen LogP contribution is 2.34. The Balaban J connectivity index is 1.38. The molecule has 0 aliphatic rings. The van der Waals surface area contributed by atoms with Gasteiger partial charge in [-0.25, -0.2) is 17.9 Å². The number of carbonyl (C=O) groups excluding carboxylic acids is 1. The number of urea groups is 1. The molecule has 12 nitrogen and oxygen atoms in total. The molecule has 5 N–H and O–H groups in total. The van der Waals surface area contributed by atoms with Crippen LogP contribution in [0, 0.1) is 0 Å². The van der Waals surface area contributed by atoms with E-state index in [9.17, 15) is 13.2 Å². The molecule has 0 unspecified atom stereocenters. The van der Waals surface area contributed by atoms with Gasteiger partial charge in [-0.1, -0.05) is 38.1 Å². The Kier molecular flexibility index (Phi) is 7.37. The van der Waals surface area contributed by atoms with Crippen molar-refractivity contribution in [3.63, 3.8) is 0 Å². The van der Waals surface area contributed by atoms with Crippen molar-refractivity contribution in [1.82, 2.24) is 19.9 Å². The first-order valence-corrected chi connectivity index (χ1v) is 14.8. The van der Waals surface area contributed by atoms with Crippen molar-refractivity contribution in [3.05, 3.63) is 72.8 Å². The second-order valence-corrected chi connectivity index (χ2v) is 13.3. The van der Waals surface area contributed by atoms with Gasteiger partial charge in [0.2, 0.25) is 10.0 Å². The molecular formula is C29H32N8O4S. The fraction of sp³-hybridized carbons (Fsp3) is 0.241. The molecule has 2 amide bonds. The van der Waals surface area contributed by atoms with Crippen molar-refractivity contribution in [2.45, 2.75) is 45.3 Å². The molecule has 42 heavy (non-hydrogen) atoms. The fourth-order valence-electron chi connectivity index (χ4n) is 4.12. The molecule has 218 valence electrons. The Morgan fingerprint density at radius 2 is 1.64 bits per heavy atom. The smallest absolute Gasteiger partial charge is 0.324 e. The number of rotatable bonds is 7. The number of pyridine rings is 1. The van der Waals surface area contributed by atoms with Gasteiger partial charge < -0.3 is 15.6 Å². The van der Waals surface area contributed by atoms with E-state index >= 15 is 0 Å². The third kappa shape index (κ3) is 5.91. The first-order chi connectivity index (χ1) is 19.8. The van der Waals surface area contributed by atoms with Crippen molar-refractivity contribution >= 4 is 49.8 Å². The molecule has 3 heterocycles. The summed E-state index contributed by atoms with van der Waals surface area (Å²) in [5.41, 5.74) is 10.3. The Labute approximate surface area is 243 Å². The SMILES string of the molecule is CC(C)S(=O)(=O)Nc1ccc(-c2nn(-c3ccc(NC(=O)Nc4cc(C(C)(C)C)on4)cc3)c3cncc(N)c23)cc1. The van der Waals surface area contributed by atoms with E-state index in [1.807, 2.05) is 32.9 Å². The summed E-state index contributed by atoms with van der Waals surface area (Å²) < 4.78 is 34.1. The minimum atomic E-state index is -3.47. The van der Waals surface area contributed by atoms with Gasteiger partial charge in [0.25, 0.3) is 0 Å². The van der Waals surface area contributed by atoms with Gasteiger partial charge in [-0.2, -0.15) is 5.10 Å². The Morgan fingerprint density at radius 3 is 2.26 bits per heavy atom. The van der Waals surface area contributed by atoms with Gasteiger partial charge in [-0.3, -0.25) is 15.0 Å². The number of aromatic nitrogens is 4. The number of benzene rings is 2. The second-order valence-electron chi connectivity index (χ2n) is 11.1. The van der Waals surface area contributed by atoms with Gasteiger partial charge in [0.15, 0.2) is 5.82 Å². The van der Waals surface area contributed by atoms with Gasteiger partial charge in [0, 0.05) is 28.4 Å². The van der Waals surface area contributed by atoms with Crippen molar-refractivity contribution in [1.29, 1.82) is 0 Å². The Bertz CT molecular complexity index is 1850. The number of sulfonamides is 1. The number of hydrogen-bond acceptors (Lipinski definition) is 8. The lowest BCUT2D eigenvalue weighted by molar-refractivity contribution is 0.262. The van der Waals surface area contributed by atoms with Gasteiger partial charge in [0.05, 0.1) is 39.9 Å². The summed E-state index contributed by atoms with van der Waals surface area (Å²) in [5, 5.41) is 14.3. The molecule has 5 aromatic rings. The molecule has 0 saturated heterocycles. The summed E-state index contributed by atoms with van der Waals surface area (Å²) in [6.45, 7) is 9.21. The quantitative estimate of drug-likeness (QED) is 0.186. The van der Waals surface area contributed by atoms with E-state index in [-0.39, 0.29) is 5.41 Å². The largest absolute Gasteiger partial charge is 0.397 e. The van der Waals surface area contributed by atoms with Crippen molar-refractivity contribution in [3.8, 4) is 16.9 Å². The molecule has 0 fully saturated rings. The summed E-state index contributed by atoms with van der Waals surface area (Å²) >= 11 is 0. The summed E-state index contributed by atoms with van der Waals surface area (Å²) in [5.74, 6) is 0.981. The zero-order valence-electron chi connectivity index (χ0n) is 23.8. The van der Waals surface area contributed by atoms with Crippen LogP contribution in [-0.2, 0) is 15.4 Å². The van der Waals surface area contributed by atoms with E-state index in [2.05, 4.69) is 25.5 Å². The summed E-state index contributed by atoms with van der Waals surface area (Å²) in [6.07, 6.45) is 3.24. The first kappa shape index (κ1) is 28.6. The highest BCUT2D eigenvalue weighted by Gasteiger charge is 2.21. The molecule has 0 atom stereocenters. The highest BCUT2D eigenvalue weighted by molar-refractivity contribution is 7.93. The van der Waals surface area contributed by atoms with Crippen LogP contribution in [0.1, 0.15) is 40.4 Å². The maximum absolute atomic E-state index is 12.5. The predicted octanol–water partition coefficient (Wildman–Crippen LogP) is 5.75. The van der Waals surface area contributed by atoms with Crippen LogP contribution in [0.4, 0.5) is 27.7 Å².